The summed E-state index contributed by atoms with van der Waals surface area (Å²) in [6, 6.07) is 9.08. The molecule has 0 aliphatic carbocycles. The van der Waals surface area contributed by atoms with E-state index < -0.39 is 0 Å². The molecule has 2 heterocycles. The van der Waals surface area contributed by atoms with Crippen LogP contribution in [-0.4, -0.2) is 63.2 Å². The summed E-state index contributed by atoms with van der Waals surface area (Å²) >= 11 is 0. The molecule has 0 spiro atoms. The Morgan fingerprint density at radius 1 is 1.10 bits per heavy atom. The minimum Gasteiger partial charge on any atom is -0.357 e. The Labute approximate surface area is 198 Å². The Morgan fingerprint density at radius 3 is 2.30 bits per heavy atom. The second-order valence-electron chi connectivity index (χ2n) is 8.05. The summed E-state index contributed by atoms with van der Waals surface area (Å²) < 4.78 is 2.00. The van der Waals surface area contributed by atoms with Crippen LogP contribution in [0.5, 0.6) is 0 Å². The summed E-state index contributed by atoms with van der Waals surface area (Å²) in [7, 11) is 1.99. The van der Waals surface area contributed by atoms with Crippen LogP contribution in [0.15, 0.2) is 29.3 Å². The predicted molar refractivity (Wildman–Crippen MR) is 133 cm³/mol. The van der Waals surface area contributed by atoms with Gasteiger partial charge in [0, 0.05) is 46.3 Å². The molecule has 1 aromatic heterocycles. The van der Waals surface area contributed by atoms with Crippen molar-refractivity contribution in [3.8, 4) is 0 Å². The van der Waals surface area contributed by atoms with E-state index in [1.807, 2.05) is 18.5 Å². The van der Waals surface area contributed by atoms with Crippen LogP contribution in [0, 0.1) is 6.92 Å². The normalized spacial score (nSPS) is 15.4. The highest BCUT2D eigenvalue weighted by atomic mass is 127. The number of aromatic nitrogens is 3. The van der Waals surface area contributed by atoms with Crippen LogP contribution >= 0.6 is 24.0 Å². The van der Waals surface area contributed by atoms with E-state index in [1.54, 1.807) is 0 Å². The lowest BCUT2D eigenvalue weighted by molar-refractivity contribution is 0.172. The number of guanidine groups is 1. The molecule has 166 valence electrons. The fourth-order valence-corrected chi connectivity index (χ4v) is 3.54. The molecule has 30 heavy (non-hydrogen) atoms. The van der Waals surface area contributed by atoms with Crippen LogP contribution in [0.2, 0.25) is 0 Å². The summed E-state index contributed by atoms with van der Waals surface area (Å²) in [5, 5.41) is 11.8. The smallest absolute Gasteiger partial charge is 0.194 e. The molecular formula is C22H36IN7. The van der Waals surface area contributed by atoms with E-state index in [4.69, 9.17) is 4.99 Å². The van der Waals surface area contributed by atoms with Crippen molar-refractivity contribution in [1.29, 1.82) is 0 Å². The minimum absolute atomic E-state index is 0. The zero-order valence-electron chi connectivity index (χ0n) is 18.9. The van der Waals surface area contributed by atoms with Crippen LogP contribution in [0.4, 0.5) is 0 Å². The van der Waals surface area contributed by atoms with Crippen molar-refractivity contribution < 1.29 is 0 Å². The second-order valence-corrected chi connectivity index (χ2v) is 8.05. The molecule has 0 atom stereocenters. The number of benzene rings is 1. The van der Waals surface area contributed by atoms with Gasteiger partial charge < -0.3 is 14.8 Å². The van der Waals surface area contributed by atoms with Crippen molar-refractivity contribution in [3.05, 3.63) is 47.0 Å². The Balaban J connectivity index is 0.00000320. The summed E-state index contributed by atoms with van der Waals surface area (Å²) in [6.45, 7) is 15.0. The lowest BCUT2D eigenvalue weighted by Crippen LogP contribution is -2.52. The molecule has 0 amide bonds. The molecule has 0 saturated carbocycles. The summed E-state index contributed by atoms with van der Waals surface area (Å²) in [6.07, 6.45) is 0. The number of nitrogens with zero attached hydrogens (tertiary/aromatic N) is 6. The minimum atomic E-state index is 0. The quantitative estimate of drug-likeness (QED) is 0.357. The maximum atomic E-state index is 4.81. The Kier molecular flexibility index (Phi) is 9.54. The van der Waals surface area contributed by atoms with Gasteiger partial charge in [-0.05, 0) is 30.9 Å². The topological polar surface area (TPSA) is 61.6 Å². The number of nitrogens with one attached hydrogen (secondary N) is 1. The Hall–Kier alpha value is -1.68. The molecule has 1 fully saturated rings. The standard InChI is InChI=1S/C22H35N7.HI/c1-6-23-22(24-15-21-26-25-18(4)27(21)5)29-13-11-28(12-14-29)16-19-7-9-20(10-8-19)17(2)3;/h7-10,17H,6,11-16H2,1-5H3,(H,23,24);1H. The first-order valence-electron chi connectivity index (χ1n) is 10.7. The van der Waals surface area contributed by atoms with E-state index in [0.717, 1.165) is 56.9 Å². The molecule has 1 aliphatic heterocycles. The van der Waals surface area contributed by atoms with Gasteiger partial charge in [0.05, 0.1) is 0 Å². The van der Waals surface area contributed by atoms with Crippen molar-refractivity contribution in [3.63, 3.8) is 0 Å². The van der Waals surface area contributed by atoms with Crippen molar-refractivity contribution >= 4 is 29.9 Å². The van der Waals surface area contributed by atoms with E-state index >= 15 is 0 Å². The van der Waals surface area contributed by atoms with Gasteiger partial charge in [-0.25, -0.2) is 4.99 Å². The second kappa shape index (κ2) is 11.6. The maximum Gasteiger partial charge on any atom is 0.194 e. The highest BCUT2D eigenvalue weighted by molar-refractivity contribution is 14.0. The van der Waals surface area contributed by atoms with Gasteiger partial charge in [-0.1, -0.05) is 38.1 Å². The number of hydrogen-bond acceptors (Lipinski definition) is 4. The first kappa shape index (κ1) is 24.6. The van der Waals surface area contributed by atoms with Gasteiger partial charge in [0.1, 0.15) is 12.4 Å². The molecule has 1 aliphatic rings. The van der Waals surface area contributed by atoms with Crippen molar-refractivity contribution in [1.82, 2.24) is 29.9 Å². The van der Waals surface area contributed by atoms with E-state index in [2.05, 4.69) is 70.4 Å². The van der Waals surface area contributed by atoms with Crippen molar-refractivity contribution in [2.45, 2.75) is 46.7 Å². The number of hydrogen-bond donors (Lipinski definition) is 1. The third kappa shape index (κ3) is 6.41. The Bertz CT molecular complexity index is 805. The third-order valence-corrected chi connectivity index (χ3v) is 5.61. The van der Waals surface area contributed by atoms with E-state index in [9.17, 15) is 0 Å². The van der Waals surface area contributed by atoms with Crippen LogP contribution in [0.25, 0.3) is 0 Å². The highest BCUT2D eigenvalue weighted by Crippen LogP contribution is 2.16. The van der Waals surface area contributed by atoms with Crippen LogP contribution in [0.3, 0.4) is 0 Å². The first-order chi connectivity index (χ1) is 14.0. The summed E-state index contributed by atoms with van der Waals surface area (Å²) in [5.41, 5.74) is 2.80. The highest BCUT2D eigenvalue weighted by Gasteiger charge is 2.20. The average molecular weight is 525 g/mol. The molecule has 2 aromatic rings. The Morgan fingerprint density at radius 2 is 1.77 bits per heavy atom. The molecule has 0 radical (unpaired) electrons. The van der Waals surface area contributed by atoms with E-state index in [-0.39, 0.29) is 24.0 Å². The molecule has 1 saturated heterocycles. The molecule has 3 rings (SSSR count). The third-order valence-electron chi connectivity index (χ3n) is 5.61. The van der Waals surface area contributed by atoms with Crippen LogP contribution in [-0.2, 0) is 20.1 Å². The number of rotatable bonds is 6. The van der Waals surface area contributed by atoms with E-state index in [1.165, 1.54) is 11.1 Å². The zero-order chi connectivity index (χ0) is 20.8. The van der Waals surface area contributed by atoms with Gasteiger partial charge in [0.25, 0.3) is 0 Å². The maximum absolute atomic E-state index is 4.81. The van der Waals surface area contributed by atoms with Gasteiger partial charge in [-0.3, -0.25) is 4.90 Å². The number of halogens is 1. The SMILES string of the molecule is CCNC(=NCc1nnc(C)n1C)N1CCN(Cc2ccc(C(C)C)cc2)CC1.I. The average Bonchev–Trinajstić information content (AvgIpc) is 3.04. The van der Waals surface area contributed by atoms with Crippen molar-refractivity contribution in [2.24, 2.45) is 12.0 Å². The van der Waals surface area contributed by atoms with Gasteiger partial charge in [-0.2, -0.15) is 0 Å². The molecule has 7 nitrogen and oxygen atoms in total. The van der Waals surface area contributed by atoms with E-state index in [0.29, 0.717) is 12.5 Å². The molecule has 1 N–H and O–H groups in total. The lowest BCUT2D eigenvalue weighted by Gasteiger charge is -2.36. The molecular weight excluding hydrogens is 489 g/mol. The lowest BCUT2D eigenvalue weighted by atomic mass is 10.0. The number of aliphatic imine (C=N–C) groups is 1. The monoisotopic (exact) mass is 525 g/mol. The number of piperazine rings is 1. The summed E-state index contributed by atoms with van der Waals surface area (Å²) in [4.78, 5) is 9.68. The van der Waals surface area contributed by atoms with Crippen molar-refractivity contribution in [2.75, 3.05) is 32.7 Å². The predicted octanol–water partition coefficient (Wildman–Crippen LogP) is 3.15. The van der Waals surface area contributed by atoms with Crippen LogP contribution in [0.1, 0.15) is 49.5 Å². The molecule has 1 aromatic carbocycles. The van der Waals surface area contributed by atoms with Crippen LogP contribution < -0.4 is 5.32 Å². The fourth-order valence-electron chi connectivity index (χ4n) is 3.54. The van der Waals surface area contributed by atoms with Gasteiger partial charge in [-0.15, -0.1) is 34.2 Å². The number of aryl methyl sites for hydroxylation is 1. The zero-order valence-corrected chi connectivity index (χ0v) is 21.3. The van der Waals surface area contributed by atoms with Gasteiger partial charge in [0.15, 0.2) is 11.8 Å². The first-order valence-corrected chi connectivity index (χ1v) is 10.7. The van der Waals surface area contributed by atoms with Gasteiger partial charge in [0.2, 0.25) is 0 Å². The fraction of sp³-hybridized carbons (Fsp3) is 0.591. The molecule has 0 unspecified atom stereocenters. The largest absolute Gasteiger partial charge is 0.357 e. The molecule has 8 heteroatoms. The molecule has 0 bridgehead atoms. The summed E-state index contributed by atoms with van der Waals surface area (Å²) in [5.74, 6) is 3.35. The van der Waals surface area contributed by atoms with Gasteiger partial charge >= 0.3 is 0 Å².